The van der Waals surface area contributed by atoms with Crippen LogP contribution in [0.5, 0.6) is 0 Å². The van der Waals surface area contributed by atoms with E-state index in [-0.39, 0.29) is 11.7 Å². The molecule has 0 aliphatic rings. The van der Waals surface area contributed by atoms with E-state index in [1.807, 2.05) is 0 Å². The van der Waals surface area contributed by atoms with Crippen LogP contribution in [0, 0.1) is 5.92 Å². The third-order valence-corrected chi connectivity index (χ3v) is 4.43. The van der Waals surface area contributed by atoms with Crippen molar-refractivity contribution in [2.24, 2.45) is 11.7 Å². The number of amides is 3. The number of nitrogens with one attached hydrogen (secondary N) is 3. The highest BCUT2D eigenvalue weighted by molar-refractivity contribution is 7.80. The van der Waals surface area contributed by atoms with Crippen molar-refractivity contribution in [3.8, 4) is 0 Å². The van der Waals surface area contributed by atoms with E-state index in [0.29, 0.717) is 6.42 Å². The number of carboxylic acids is 1. The first kappa shape index (κ1) is 25.1. The molecule has 0 aromatic carbocycles. The Bertz CT molecular complexity index is 543. The molecule has 0 rings (SSSR count). The number of nitrogens with two attached hydrogens (primary N) is 1. The van der Waals surface area contributed by atoms with E-state index < -0.39 is 54.0 Å². The van der Waals surface area contributed by atoms with E-state index in [2.05, 4.69) is 28.6 Å². The molecule has 27 heavy (non-hydrogen) atoms. The molecule has 0 spiro atoms. The minimum Gasteiger partial charge on any atom is -0.480 e. The topological polar surface area (TPSA) is 171 Å². The van der Waals surface area contributed by atoms with E-state index in [4.69, 9.17) is 10.8 Å². The minimum absolute atomic E-state index is 0.0233. The lowest BCUT2D eigenvalue weighted by molar-refractivity contribution is -0.145. The summed E-state index contributed by atoms with van der Waals surface area (Å²) in [6, 6.07) is -4.41. The molecule has 6 unspecified atom stereocenters. The molecule has 0 aromatic rings. The summed E-state index contributed by atoms with van der Waals surface area (Å²) in [6.45, 7) is 6.20. The molecule has 0 aliphatic carbocycles. The van der Waals surface area contributed by atoms with E-state index in [1.165, 1.54) is 13.8 Å². The molecule has 10 nitrogen and oxygen atoms in total. The number of aliphatic carboxylic acids is 1. The normalized spacial score (nSPS) is 17.6. The predicted molar refractivity (Wildman–Crippen MR) is 102 cm³/mol. The van der Waals surface area contributed by atoms with Gasteiger partial charge in [0.05, 0.1) is 12.1 Å². The molecule has 0 saturated heterocycles. The van der Waals surface area contributed by atoms with Crippen LogP contribution in [-0.4, -0.2) is 69.9 Å². The number of thiol groups is 1. The van der Waals surface area contributed by atoms with Gasteiger partial charge >= 0.3 is 5.97 Å². The predicted octanol–water partition coefficient (Wildman–Crippen LogP) is -1.77. The van der Waals surface area contributed by atoms with Gasteiger partial charge in [0.15, 0.2) is 6.04 Å². The van der Waals surface area contributed by atoms with E-state index in [1.54, 1.807) is 13.8 Å². The van der Waals surface area contributed by atoms with Gasteiger partial charge in [0, 0.05) is 5.75 Å². The Kier molecular flexibility index (Phi) is 11.0. The van der Waals surface area contributed by atoms with Crippen molar-refractivity contribution in [3.63, 3.8) is 0 Å². The molecule has 156 valence electrons. The number of aliphatic hydroxyl groups excluding tert-OH is 1. The molecule has 0 bridgehead atoms. The summed E-state index contributed by atoms with van der Waals surface area (Å²) in [5.74, 6) is -3.70. The molecular weight excluding hydrogens is 376 g/mol. The first-order valence-electron chi connectivity index (χ1n) is 8.64. The van der Waals surface area contributed by atoms with Crippen LogP contribution >= 0.6 is 12.6 Å². The second kappa shape index (κ2) is 11.8. The smallest absolute Gasteiger partial charge is 0.328 e. The molecule has 0 heterocycles. The zero-order chi connectivity index (χ0) is 21.3. The maximum absolute atomic E-state index is 12.5. The van der Waals surface area contributed by atoms with Crippen LogP contribution in [0.1, 0.15) is 34.1 Å². The molecule has 7 N–H and O–H groups in total. The fourth-order valence-corrected chi connectivity index (χ4v) is 2.34. The zero-order valence-electron chi connectivity index (χ0n) is 15.9. The summed E-state index contributed by atoms with van der Waals surface area (Å²) in [7, 11) is 0. The summed E-state index contributed by atoms with van der Waals surface area (Å²) in [5.41, 5.74) is 5.46. The van der Waals surface area contributed by atoms with E-state index >= 15 is 0 Å². The van der Waals surface area contributed by atoms with E-state index in [0.717, 1.165) is 0 Å². The Hall–Kier alpha value is -1.85. The fraction of sp³-hybridized carbons (Fsp3) is 0.750. The third kappa shape index (κ3) is 8.14. The molecule has 0 saturated carbocycles. The largest absolute Gasteiger partial charge is 0.480 e. The summed E-state index contributed by atoms with van der Waals surface area (Å²) >= 11 is 4.03. The number of aliphatic hydroxyl groups is 1. The van der Waals surface area contributed by atoms with Crippen LogP contribution in [-0.2, 0) is 19.2 Å². The molecular formula is C16H30N4O6S. The Morgan fingerprint density at radius 3 is 1.85 bits per heavy atom. The van der Waals surface area contributed by atoms with Gasteiger partial charge in [0.1, 0.15) is 12.1 Å². The zero-order valence-corrected chi connectivity index (χ0v) is 16.8. The highest BCUT2D eigenvalue weighted by Crippen LogP contribution is 2.10. The molecule has 3 amide bonds. The number of carbonyl (C=O) groups is 4. The van der Waals surface area contributed by atoms with Crippen LogP contribution < -0.4 is 21.7 Å². The first-order chi connectivity index (χ1) is 12.5. The van der Waals surface area contributed by atoms with Crippen molar-refractivity contribution >= 4 is 36.3 Å². The van der Waals surface area contributed by atoms with Gasteiger partial charge in [-0.05, 0) is 19.8 Å². The maximum atomic E-state index is 12.5. The lowest BCUT2D eigenvalue weighted by Gasteiger charge is -2.28. The molecule has 0 aromatic heterocycles. The standard InChI is InChI=1S/C16H30N4O6S/c1-5-7(2)11(15(24)20-12(9(4)21)16(25)26)19-14(23)10(6-27)18-13(22)8(3)17/h7-12,21,27H,5-6,17H2,1-4H3,(H,18,22)(H,19,23)(H,20,24)(H,25,26). The molecule has 11 heteroatoms. The first-order valence-corrected chi connectivity index (χ1v) is 9.27. The molecule has 0 aliphatic heterocycles. The van der Waals surface area contributed by atoms with Gasteiger partial charge in [0.25, 0.3) is 0 Å². The van der Waals surface area contributed by atoms with Crippen LogP contribution in [0.2, 0.25) is 0 Å². The summed E-state index contributed by atoms with van der Waals surface area (Å²) < 4.78 is 0. The maximum Gasteiger partial charge on any atom is 0.328 e. The molecule has 0 fully saturated rings. The Balaban J connectivity index is 5.29. The number of carboxylic acid groups (broad SMARTS) is 1. The third-order valence-electron chi connectivity index (χ3n) is 4.07. The van der Waals surface area contributed by atoms with Gasteiger partial charge < -0.3 is 31.9 Å². The summed E-state index contributed by atoms with van der Waals surface area (Å²) in [5, 5.41) is 25.8. The van der Waals surface area contributed by atoms with Gasteiger partial charge in [-0.3, -0.25) is 14.4 Å². The van der Waals surface area contributed by atoms with Gasteiger partial charge in [-0.25, -0.2) is 4.79 Å². The van der Waals surface area contributed by atoms with Crippen molar-refractivity contribution in [2.45, 2.75) is 64.4 Å². The van der Waals surface area contributed by atoms with Gasteiger partial charge in [0.2, 0.25) is 17.7 Å². The Morgan fingerprint density at radius 1 is 0.963 bits per heavy atom. The average molecular weight is 407 g/mol. The highest BCUT2D eigenvalue weighted by atomic mass is 32.1. The fourth-order valence-electron chi connectivity index (χ4n) is 2.08. The van der Waals surface area contributed by atoms with Crippen molar-refractivity contribution in [1.82, 2.24) is 16.0 Å². The summed E-state index contributed by atoms with van der Waals surface area (Å²) in [6.07, 6.45) is -0.807. The van der Waals surface area contributed by atoms with Gasteiger partial charge in [-0.2, -0.15) is 12.6 Å². The van der Waals surface area contributed by atoms with Crippen LogP contribution in [0.3, 0.4) is 0 Å². The van der Waals surface area contributed by atoms with E-state index in [9.17, 15) is 24.3 Å². The number of rotatable bonds is 11. The monoisotopic (exact) mass is 406 g/mol. The van der Waals surface area contributed by atoms with Crippen molar-refractivity contribution < 1.29 is 29.4 Å². The quantitative estimate of drug-likeness (QED) is 0.199. The van der Waals surface area contributed by atoms with Crippen molar-refractivity contribution in [1.29, 1.82) is 0 Å². The molecule has 6 atom stereocenters. The van der Waals surface area contributed by atoms with Crippen molar-refractivity contribution in [2.75, 3.05) is 5.75 Å². The van der Waals surface area contributed by atoms with Crippen LogP contribution in [0.4, 0.5) is 0 Å². The average Bonchev–Trinajstić information content (AvgIpc) is 2.59. The Labute approximate surface area is 164 Å². The number of hydrogen-bond donors (Lipinski definition) is 7. The second-order valence-corrected chi connectivity index (χ2v) is 6.83. The van der Waals surface area contributed by atoms with Gasteiger partial charge in [-0.1, -0.05) is 20.3 Å². The number of hydrogen-bond acceptors (Lipinski definition) is 7. The van der Waals surface area contributed by atoms with Crippen LogP contribution in [0.15, 0.2) is 0 Å². The number of carbonyl (C=O) groups excluding carboxylic acids is 3. The lowest BCUT2D eigenvalue weighted by Crippen LogP contribution is -2.60. The second-order valence-electron chi connectivity index (χ2n) is 6.47. The molecule has 0 radical (unpaired) electrons. The highest BCUT2D eigenvalue weighted by Gasteiger charge is 2.33. The summed E-state index contributed by atoms with van der Waals surface area (Å²) in [4.78, 5) is 47.8. The SMILES string of the molecule is CCC(C)C(NC(=O)C(CS)NC(=O)C(C)N)C(=O)NC(C(=O)O)C(C)O. The van der Waals surface area contributed by atoms with Crippen LogP contribution in [0.25, 0.3) is 0 Å². The minimum atomic E-state index is -1.51. The van der Waals surface area contributed by atoms with Gasteiger partial charge in [-0.15, -0.1) is 0 Å². The lowest BCUT2D eigenvalue weighted by atomic mass is 9.97. The van der Waals surface area contributed by atoms with Crippen molar-refractivity contribution in [3.05, 3.63) is 0 Å². The Morgan fingerprint density at radius 2 is 1.48 bits per heavy atom.